The number of benzene rings is 1. The number of aryl methyl sites for hydroxylation is 1. The third-order valence-electron chi connectivity index (χ3n) is 4.24. The summed E-state index contributed by atoms with van der Waals surface area (Å²) in [6.45, 7) is 4.53. The van der Waals surface area contributed by atoms with Gasteiger partial charge in [0.1, 0.15) is 11.4 Å². The number of hydrogen-bond donors (Lipinski definition) is 1. The molecule has 1 aromatic carbocycles. The monoisotopic (exact) mass is 389 g/mol. The van der Waals surface area contributed by atoms with Crippen LogP contribution in [-0.2, 0) is 12.7 Å². The van der Waals surface area contributed by atoms with Gasteiger partial charge in [-0.1, -0.05) is 30.3 Å². The number of nitrogens with one attached hydrogen (secondary N) is 1. The minimum atomic E-state index is -4.61. The Balaban J connectivity index is 1.74. The standard InChI is InChI=1S/C19H18F3N5O/c1-12(11-27-13(2)10-23-26-27)14-5-3-6-15(9-14)24-18(28)16-7-4-8-17(25-16)19(20,21)22/h3-10,12H,11H2,1-2H3,(H,24,28)/t12-/m0/s1. The van der Waals surface area contributed by atoms with E-state index in [0.717, 1.165) is 23.4 Å². The molecular formula is C19H18F3N5O. The molecule has 0 aliphatic heterocycles. The van der Waals surface area contributed by atoms with Crippen molar-refractivity contribution in [3.05, 3.63) is 71.3 Å². The molecule has 146 valence electrons. The number of carbonyl (C=O) groups is 1. The molecule has 0 aliphatic carbocycles. The molecule has 3 aromatic rings. The predicted octanol–water partition coefficient (Wildman–Crippen LogP) is 4.06. The second-order valence-electron chi connectivity index (χ2n) is 6.44. The number of pyridine rings is 1. The van der Waals surface area contributed by atoms with E-state index < -0.39 is 17.8 Å². The number of aromatic nitrogens is 4. The first-order valence-corrected chi connectivity index (χ1v) is 8.54. The van der Waals surface area contributed by atoms with Crippen LogP contribution >= 0.6 is 0 Å². The van der Waals surface area contributed by atoms with Gasteiger partial charge in [0, 0.05) is 18.2 Å². The van der Waals surface area contributed by atoms with E-state index in [0.29, 0.717) is 12.2 Å². The van der Waals surface area contributed by atoms with Crippen LogP contribution in [0.25, 0.3) is 0 Å². The summed E-state index contributed by atoms with van der Waals surface area (Å²) in [4.78, 5) is 15.7. The number of rotatable bonds is 5. The van der Waals surface area contributed by atoms with Crippen molar-refractivity contribution in [2.75, 3.05) is 5.32 Å². The molecule has 0 saturated heterocycles. The van der Waals surface area contributed by atoms with Crippen molar-refractivity contribution in [2.45, 2.75) is 32.5 Å². The highest BCUT2D eigenvalue weighted by Crippen LogP contribution is 2.27. The van der Waals surface area contributed by atoms with Gasteiger partial charge in [-0.3, -0.25) is 4.79 Å². The molecule has 0 spiro atoms. The van der Waals surface area contributed by atoms with E-state index in [4.69, 9.17) is 0 Å². The first-order chi connectivity index (χ1) is 13.2. The number of carbonyl (C=O) groups excluding carboxylic acids is 1. The predicted molar refractivity (Wildman–Crippen MR) is 96.8 cm³/mol. The fraction of sp³-hybridized carbons (Fsp3) is 0.263. The van der Waals surface area contributed by atoms with Gasteiger partial charge in [-0.15, -0.1) is 5.10 Å². The third kappa shape index (κ3) is 4.54. The number of hydrogen-bond acceptors (Lipinski definition) is 4. The van der Waals surface area contributed by atoms with Crippen molar-refractivity contribution < 1.29 is 18.0 Å². The molecule has 0 radical (unpaired) electrons. The van der Waals surface area contributed by atoms with E-state index in [1.807, 2.05) is 19.9 Å². The van der Waals surface area contributed by atoms with Crippen molar-refractivity contribution in [2.24, 2.45) is 0 Å². The van der Waals surface area contributed by atoms with Crippen molar-refractivity contribution in [3.63, 3.8) is 0 Å². The van der Waals surface area contributed by atoms with Gasteiger partial charge in [0.25, 0.3) is 5.91 Å². The van der Waals surface area contributed by atoms with Crippen LogP contribution in [0.5, 0.6) is 0 Å². The van der Waals surface area contributed by atoms with Gasteiger partial charge in [0.05, 0.1) is 11.9 Å². The lowest BCUT2D eigenvalue weighted by Crippen LogP contribution is -2.17. The Hall–Kier alpha value is -3.23. The zero-order valence-corrected chi connectivity index (χ0v) is 15.2. The summed E-state index contributed by atoms with van der Waals surface area (Å²) < 4.78 is 40.1. The van der Waals surface area contributed by atoms with Gasteiger partial charge in [-0.05, 0) is 36.8 Å². The molecule has 0 aliphatic rings. The smallest absolute Gasteiger partial charge is 0.321 e. The maximum atomic E-state index is 12.8. The number of halogens is 3. The summed E-state index contributed by atoms with van der Waals surface area (Å²) in [7, 11) is 0. The maximum Gasteiger partial charge on any atom is 0.433 e. The van der Waals surface area contributed by atoms with Gasteiger partial charge in [0.15, 0.2) is 0 Å². The first-order valence-electron chi connectivity index (χ1n) is 8.54. The molecule has 1 N–H and O–H groups in total. The largest absolute Gasteiger partial charge is 0.433 e. The average Bonchev–Trinajstić information content (AvgIpc) is 3.06. The van der Waals surface area contributed by atoms with Crippen LogP contribution in [0.15, 0.2) is 48.7 Å². The topological polar surface area (TPSA) is 72.7 Å². The summed E-state index contributed by atoms with van der Waals surface area (Å²) in [6.07, 6.45) is -2.93. The van der Waals surface area contributed by atoms with Crippen LogP contribution in [0.2, 0.25) is 0 Å². The highest BCUT2D eigenvalue weighted by Gasteiger charge is 2.32. The van der Waals surface area contributed by atoms with Crippen molar-refractivity contribution in [1.29, 1.82) is 0 Å². The van der Waals surface area contributed by atoms with Crippen LogP contribution in [0.1, 0.15) is 40.3 Å². The van der Waals surface area contributed by atoms with Gasteiger partial charge < -0.3 is 5.32 Å². The number of alkyl halides is 3. The second kappa shape index (κ2) is 7.79. The molecule has 2 aromatic heterocycles. The molecule has 0 fully saturated rings. The highest BCUT2D eigenvalue weighted by atomic mass is 19.4. The van der Waals surface area contributed by atoms with E-state index >= 15 is 0 Å². The molecular weight excluding hydrogens is 371 g/mol. The third-order valence-corrected chi connectivity index (χ3v) is 4.24. The van der Waals surface area contributed by atoms with E-state index in [2.05, 4.69) is 20.6 Å². The van der Waals surface area contributed by atoms with Crippen LogP contribution in [0.4, 0.5) is 18.9 Å². The molecule has 0 bridgehead atoms. The van der Waals surface area contributed by atoms with Crippen molar-refractivity contribution >= 4 is 11.6 Å². The average molecular weight is 389 g/mol. The molecule has 2 heterocycles. The molecule has 0 saturated carbocycles. The Morgan fingerprint density at radius 1 is 1.21 bits per heavy atom. The zero-order chi connectivity index (χ0) is 20.3. The first kappa shape index (κ1) is 19.5. The minimum absolute atomic E-state index is 0.0870. The molecule has 0 unspecified atom stereocenters. The Morgan fingerprint density at radius 2 is 1.96 bits per heavy atom. The lowest BCUT2D eigenvalue weighted by Gasteiger charge is -2.14. The van der Waals surface area contributed by atoms with E-state index in [9.17, 15) is 18.0 Å². The van der Waals surface area contributed by atoms with E-state index in [1.54, 1.807) is 29.1 Å². The Kier molecular flexibility index (Phi) is 5.43. The second-order valence-corrected chi connectivity index (χ2v) is 6.44. The number of amides is 1. The van der Waals surface area contributed by atoms with Gasteiger partial charge >= 0.3 is 6.18 Å². The van der Waals surface area contributed by atoms with Crippen LogP contribution in [0.3, 0.4) is 0 Å². The molecule has 1 atom stereocenters. The van der Waals surface area contributed by atoms with Crippen LogP contribution < -0.4 is 5.32 Å². The van der Waals surface area contributed by atoms with Crippen LogP contribution in [0, 0.1) is 6.92 Å². The summed E-state index contributed by atoms with van der Waals surface area (Å²) in [5, 5.41) is 10.5. The summed E-state index contributed by atoms with van der Waals surface area (Å²) >= 11 is 0. The summed E-state index contributed by atoms with van der Waals surface area (Å²) in [6, 6.07) is 10.4. The molecule has 1 amide bonds. The lowest BCUT2D eigenvalue weighted by molar-refractivity contribution is -0.141. The number of anilines is 1. The molecule has 28 heavy (non-hydrogen) atoms. The van der Waals surface area contributed by atoms with Gasteiger partial charge in [0.2, 0.25) is 0 Å². The Labute approximate surface area is 159 Å². The van der Waals surface area contributed by atoms with Gasteiger partial charge in [-0.25, -0.2) is 9.67 Å². The normalized spacial score (nSPS) is 12.6. The van der Waals surface area contributed by atoms with E-state index in [-0.39, 0.29) is 11.6 Å². The van der Waals surface area contributed by atoms with Crippen molar-refractivity contribution in [1.82, 2.24) is 20.0 Å². The summed E-state index contributed by atoms with van der Waals surface area (Å²) in [5.41, 5.74) is 0.956. The van der Waals surface area contributed by atoms with Crippen LogP contribution in [-0.4, -0.2) is 25.9 Å². The van der Waals surface area contributed by atoms with Gasteiger partial charge in [-0.2, -0.15) is 13.2 Å². The Bertz CT molecular complexity index is 983. The lowest BCUT2D eigenvalue weighted by atomic mass is 10.0. The minimum Gasteiger partial charge on any atom is -0.321 e. The summed E-state index contributed by atoms with van der Waals surface area (Å²) in [5.74, 6) is -0.619. The fourth-order valence-corrected chi connectivity index (χ4v) is 2.69. The molecule has 9 heteroatoms. The fourth-order valence-electron chi connectivity index (χ4n) is 2.69. The van der Waals surface area contributed by atoms with E-state index in [1.165, 1.54) is 6.07 Å². The molecule has 6 nitrogen and oxygen atoms in total. The number of nitrogens with zero attached hydrogens (tertiary/aromatic N) is 4. The SMILES string of the molecule is Cc1cnnn1C[C@H](C)c1cccc(NC(=O)c2cccc(C(F)(F)F)n2)c1. The van der Waals surface area contributed by atoms with Crippen molar-refractivity contribution in [3.8, 4) is 0 Å². The quantitative estimate of drug-likeness (QED) is 0.714. The highest BCUT2D eigenvalue weighted by molar-refractivity contribution is 6.02. The molecule has 3 rings (SSSR count). The zero-order valence-electron chi connectivity index (χ0n) is 15.2. The Morgan fingerprint density at radius 3 is 2.64 bits per heavy atom. The maximum absolute atomic E-state index is 12.8.